The predicted octanol–water partition coefficient (Wildman–Crippen LogP) is 1.60. The molecule has 5 heteroatoms. The standard InChI is InChI=1S/C16H19N3O2/c1-11-8-12(2)10-14(9-11)16(21)17-6-7-19-15(20)5-4-13(3)18-19/h4-5,8-10H,6-7H2,1-3H3,(H,17,21). The number of amides is 1. The third kappa shape index (κ3) is 4.02. The van der Waals surface area contributed by atoms with Crippen LogP contribution in [0.15, 0.2) is 35.1 Å². The summed E-state index contributed by atoms with van der Waals surface area (Å²) in [4.78, 5) is 23.7. The molecule has 0 saturated heterocycles. The summed E-state index contributed by atoms with van der Waals surface area (Å²) in [7, 11) is 0. The van der Waals surface area contributed by atoms with E-state index in [1.165, 1.54) is 10.7 Å². The van der Waals surface area contributed by atoms with Crippen LogP contribution in [0, 0.1) is 20.8 Å². The minimum Gasteiger partial charge on any atom is -0.350 e. The average Bonchev–Trinajstić information content (AvgIpc) is 2.41. The fourth-order valence-corrected chi connectivity index (χ4v) is 2.19. The van der Waals surface area contributed by atoms with Crippen LogP contribution < -0.4 is 10.9 Å². The van der Waals surface area contributed by atoms with Crippen molar-refractivity contribution in [2.75, 3.05) is 6.54 Å². The van der Waals surface area contributed by atoms with E-state index in [-0.39, 0.29) is 11.5 Å². The lowest BCUT2D eigenvalue weighted by Crippen LogP contribution is -2.32. The van der Waals surface area contributed by atoms with Crippen LogP contribution in [0.25, 0.3) is 0 Å². The molecule has 0 aliphatic carbocycles. The van der Waals surface area contributed by atoms with Crippen molar-refractivity contribution < 1.29 is 4.79 Å². The number of aromatic nitrogens is 2. The largest absolute Gasteiger partial charge is 0.350 e. The topological polar surface area (TPSA) is 64.0 Å². The van der Waals surface area contributed by atoms with E-state index in [0.29, 0.717) is 18.7 Å². The van der Waals surface area contributed by atoms with Gasteiger partial charge in [-0.05, 0) is 39.0 Å². The molecule has 0 fully saturated rings. The number of aryl methyl sites for hydroxylation is 3. The summed E-state index contributed by atoms with van der Waals surface area (Å²) in [6.45, 7) is 6.46. The Morgan fingerprint density at radius 3 is 2.48 bits per heavy atom. The number of carbonyl (C=O) groups excluding carboxylic acids is 1. The summed E-state index contributed by atoms with van der Waals surface area (Å²) in [6.07, 6.45) is 0. The lowest BCUT2D eigenvalue weighted by atomic mass is 10.1. The first kappa shape index (κ1) is 15.0. The van der Waals surface area contributed by atoms with Crippen LogP contribution in [0.3, 0.4) is 0 Å². The maximum atomic E-state index is 12.1. The van der Waals surface area contributed by atoms with Gasteiger partial charge in [0.1, 0.15) is 0 Å². The van der Waals surface area contributed by atoms with Gasteiger partial charge in [-0.3, -0.25) is 9.59 Å². The molecule has 1 N–H and O–H groups in total. The van der Waals surface area contributed by atoms with Crippen LogP contribution in [0.1, 0.15) is 27.2 Å². The molecule has 0 bridgehead atoms. The molecule has 1 aromatic heterocycles. The molecule has 0 atom stereocenters. The Bertz CT molecular complexity index is 699. The fourth-order valence-electron chi connectivity index (χ4n) is 2.19. The number of nitrogens with zero attached hydrogens (tertiary/aromatic N) is 2. The van der Waals surface area contributed by atoms with Gasteiger partial charge in [0.05, 0.1) is 12.2 Å². The highest BCUT2D eigenvalue weighted by Gasteiger charge is 2.06. The maximum Gasteiger partial charge on any atom is 0.266 e. The van der Waals surface area contributed by atoms with Gasteiger partial charge in [-0.2, -0.15) is 5.10 Å². The van der Waals surface area contributed by atoms with E-state index >= 15 is 0 Å². The van der Waals surface area contributed by atoms with Crippen molar-refractivity contribution in [3.05, 3.63) is 63.1 Å². The number of hydrogen-bond donors (Lipinski definition) is 1. The first-order chi connectivity index (χ1) is 9.95. The number of nitrogens with one attached hydrogen (secondary N) is 1. The molecule has 5 nitrogen and oxygen atoms in total. The quantitative estimate of drug-likeness (QED) is 0.928. The maximum absolute atomic E-state index is 12.1. The number of benzene rings is 1. The average molecular weight is 285 g/mol. The van der Waals surface area contributed by atoms with E-state index in [0.717, 1.165) is 16.8 Å². The summed E-state index contributed by atoms with van der Waals surface area (Å²) < 4.78 is 1.36. The highest BCUT2D eigenvalue weighted by atomic mass is 16.1. The molecule has 2 aromatic rings. The molecule has 0 spiro atoms. The zero-order valence-electron chi connectivity index (χ0n) is 12.5. The summed E-state index contributed by atoms with van der Waals surface area (Å²) in [5.41, 5.74) is 3.35. The first-order valence-corrected chi connectivity index (χ1v) is 6.87. The Labute approximate surface area is 123 Å². The van der Waals surface area contributed by atoms with E-state index in [2.05, 4.69) is 10.4 Å². The van der Waals surface area contributed by atoms with Gasteiger partial charge < -0.3 is 5.32 Å². The van der Waals surface area contributed by atoms with Crippen molar-refractivity contribution in [2.45, 2.75) is 27.3 Å². The van der Waals surface area contributed by atoms with Crippen LogP contribution in [-0.4, -0.2) is 22.2 Å². The molecule has 0 aliphatic heterocycles. The van der Waals surface area contributed by atoms with Crippen molar-refractivity contribution in [3.8, 4) is 0 Å². The van der Waals surface area contributed by atoms with Gasteiger partial charge in [0.2, 0.25) is 0 Å². The summed E-state index contributed by atoms with van der Waals surface area (Å²) in [5.74, 6) is -0.137. The molecule has 1 aromatic carbocycles. The summed E-state index contributed by atoms with van der Waals surface area (Å²) in [6, 6.07) is 8.87. The van der Waals surface area contributed by atoms with Crippen molar-refractivity contribution in [1.29, 1.82) is 0 Å². The second-order valence-electron chi connectivity index (χ2n) is 5.17. The molecule has 21 heavy (non-hydrogen) atoms. The highest BCUT2D eigenvalue weighted by Crippen LogP contribution is 2.08. The Kier molecular flexibility index (Phi) is 4.52. The normalized spacial score (nSPS) is 10.4. The zero-order valence-corrected chi connectivity index (χ0v) is 12.5. The van der Waals surface area contributed by atoms with E-state index in [4.69, 9.17) is 0 Å². The van der Waals surface area contributed by atoms with Gasteiger partial charge in [-0.1, -0.05) is 17.2 Å². The van der Waals surface area contributed by atoms with Crippen LogP contribution in [0.2, 0.25) is 0 Å². The van der Waals surface area contributed by atoms with Gasteiger partial charge in [-0.15, -0.1) is 0 Å². The Hall–Kier alpha value is -2.43. The predicted molar refractivity (Wildman–Crippen MR) is 81.5 cm³/mol. The monoisotopic (exact) mass is 285 g/mol. The van der Waals surface area contributed by atoms with Crippen LogP contribution in [0.4, 0.5) is 0 Å². The van der Waals surface area contributed by atoms with Gasteiger partial charge in [0, 0.05) is 18.2 Å². The Balaban J connectivity index is 1.98. The van der Waals surface area contributed by atoms with Gasteiger partial charge in [0.25, 0.3) is 11.5 Å². The second kappa shape index (κ2) is 6.35. The molecule has 110 valence electrons. The molecular formula is C16H19N3O2. The van der Waals surface area contributed by atoms with Crippen molar-refractivity contribution in [1.82, 2.24) is 15.1 Å². The lowest BCUT2D eigenvalue weighted by molar-refractivity contribution is 0.0951. The van der Waals surface area contributed by atoms with E-state index in [9.17, 15) is 9.59 Å². The highest BCUT2D eigenvalue weighted by molar-refractivity contribution is 5.94. The van der Waals surface area contributed by atoms with Crippen LogP contribution in [0.5, 0.6) is 0 Å². The SMILES string of the molecule is Cc1cc(C)cc(C(=O)NCCn2nc(C)ccc2=O)c1. The smallest absolute Gasteiger partial charge is 0.266 e. The molecule has 2 rings (SSSR count). The lowest BCUT2D eigenvalue weighted by Gasteiger charge is -2.08. The number of rotatable bonds is 4. The van der Waals surface area contributed by atoms with Crippen molar-refractivity contribution >= 4 is 5.91 Å². The van der Waals surface area contributed by atoms with E-state index < -0.39 is 0 Å². The summed E-state index contributed by atoms with van der Waals surface area (Å²) >= 11 is 0. The molecule has 0 saturated carbocycles. The fraction of sp³-hybridized carbons (Fsp3) is 0.312. The van der Waals surface area contributed by atoms with Gasteiger partial charge >= 0.3 is 0 Å². The minimum absolute atomic E-state index is 0.137. The molecule has 1 heterocycles. The molecule has 0 unspecified atom stereocenters. The van der Waals surface area contributed by atoms with Crippen LogP contribution >= 0.6 is 0 Å². The second-order valence-corrected chi connectivity index (χ2v) is 5.17. The van der Waals surface area contributed by atoms with E-state index in [1.807, 2.05) is 39.0 Å². The third-order valence-electron chi connectivity index (χ3n) is 3.09. The van der Waals surface area contributed by atoms with Gasteiger partial charge in [0.15, 0.2) is 0 Å². The zero-order chi connectivity index (χ0) is 15.4. The van der Waals surface area contributed by atoms with Crippen molar-refractivity contribution in [2.24, 2.45) is 0 Å². The Morgan fingerprint density at radius 2 is 1.81 bits per heavy atom. The third-order valence-corrected chi connectivity index (χ3v) is 3.09. The molecular weight excluding hydrogens is 266 g/mol. The molecule has 1 amide bonds. The Morgan fingerprint density at radius 1 is 1.14 bits per heavy atom. The van der Waals surface area contributed by atoms with E-state index in [1.54, 1.807) is 6.07 Å². The first-order valence-electron chi connectivity index (χ1n) is 6.87. The summed E-state index contributed by atoms with van der Waals surface area (Å²) in [5, 5.41) is 6.93. The molecule has 0 aliphatic rings. The number of hydrogen-bond acceptors (Lipinski definition) is 3. The molecule has 0 radical (unpaired) electrons. The minimum atomic E-state index is -0.166. The van der Waals surface area contributed by atoms with Crippen molar-refractivity contribution in [3.63, 3.8) is 0 Å². The number of carbonyl (C=O) groups is 1. The van der Waals surface area contributed by atoms with Gasteiger partial charge in [-0.25, -0.2) is 4.68 Å². The van der Waals surface area contributed by atoms with Crippen LogP contribution in [-0.2, 0) is 6.54 Å².